The van der Waals surface area contributed by atoms with Crippen LogP contribution < -0.4 is 0 Å². The fourth-order valence-electron chi connectivity index (χ4n) is 1.04. The van der Waals surface area contributed by atoms with Gasteiger partial charge in [-0.15, -0.1) is 0 Å². The molecule has 0 nitrogen and oxygen atoms in total. The van der Waals surface area contributed by atoms with Gasteiger partial charge in [0, 0.05) is 14.0 Å². The molecule has 0 N–H and O–H groups in total. The van der Waals surface area contributed by atoms with Crippen molar-refractivity contribution >= 4 is 23.5 Å². The molecule has 0 amide bonds. The smallest absolute Gasteiger partial charge is 0.0486 e. The average Bonchev–Trinajstić information content (AvgIpc) is 2.64. The maximum atomic E-state index is 2.18. The summed E-state index contributed by atoms with van der Waals surface area (Å²) in [7, 11) is 0. The maximum absolute atomic E-state index is 2.18. The summed E-state index contributed by atoms with van der Waals surface area (Å²) in [6.45, 7) is 8.34. The number of fused-ring (bicyclic) bond motifs is 1. The maximum Gasteiger partial charge on any atom is 0.0486 e. The largest absolute Gasteiger partial charge is 0.0816 e. The summed E-state index contributed by atoms with van der Waals surface area (Å²) in [5.74, 6) is 0. The first-order valence-corrected chi connectivity index (χ1v) is 6.53. The molecule has 0 saturated carbocycles. The molecule has 0 radical (unpaired) electrons. The predicted octanol–water partition coefficient (Wildman–Crippen LogP) is 5.16. The van der Waals surface area contributed by atoms with E-state index in [2.05, 4.69) is 38.1 Å². The molecular weight excluding hydrogens is 208 g/mol. The minimum atomic E-state index is 1.40. The van der Waals surface area contributed by atoms with Crippen LogP contribution in [0, 0.1) is 0 Å². The summed E-state index contributed by atoms with van der Waals surface area (Å²) in [5, 5.41) is 0. The van der Waals surface area contributed by atoms with E-state index in [0.29, 0.717) is 0 Å². The summed E-state index contributed by atoms with van der Waals surface area (Å²) >= 11 is 3.77. The first kappa shape index (κ1) is 11.7. The lowest BCUT2D eigenvalue weighted by Gasteiger charge is -1.94. The lowest BCUT2D eigenvalue weighted by Crippen LogP contribution is -1.65. The van der Waals surface area contributed by atoms with E-state index in [9.17, 15) is 0 Å². The first-order chi connectivity index (χ1) is 6.77. The molecule has 0 unspecified atom stereocenters. The van der Waals surface area contributed by atoms with Crippen LogP contribution >= 0.6 is 23.5 Å². The second-order valence-electron chi connectivity index (χ2n) is 2.94. The van der Waals surface area contributed by atoms with Gasteiger partial charge in [0.2, 0.25) is 0 Å². The van der Waals surface area contributed by atoms with Crippen molar-refractivity contribution in [3.8, 4) is 0 Å². The molecule has 2 rings (SSSR count). The Morgan fingerprint density at radius 1 is 0.929 bits per heavy atom. The second-order valence-corrected chi connectivity index (χ2v) is 5.30. The molecule has 1 aliphatic heterocycles. The van der Waals surface area contributed by atoms with Gasteiger partial charge in [-0.1, -0.05) is 55.1 Å². The average molecular weight is 224 g/mol. The highest BCUT2D eigenvalue weighted by Gasteiger charge is 2.16. The Morgan fingerprint density at radius 2 is 1.36 bits per heavy atom. The number of rotatable bonds is 0. The zero-order valence-electron chi connectivity index (χ0n) is 9.13. The Bertz CT molecular complexity index is 309. The topological polar surface area (TPSA) is 0 Å². The van der Waals surface area contributed by atoms with Crippen LogP contribution in [0.2, 0.25) is 0 Å². The standard InChI is InChI=1S/C10H10S2.C2H6/c1-7(2)10-11-8-5-3-4-6-9(8)12-10;1-2/h3-6H,1-2H3;1-2H3. The van der Waals surface area contributed by atoms with Gasteiger partial charge in [0.25, 0.3) is 0 Å². The highest BCUT2D eigenvalue weighted by Crippen LogP contribution is 2.51. The fourth-order valence-corrected chi connectivity index (χ4v) is 3.44. The van der Waals surface area contributed by atoms with Crippen LogP contribution in [0.25, 0.3) is 0 Å². The molecule has 14 heavy (non-hydrogen) atoms. The van der Waals surface area contributed by atoms with Crippen molar-refractivity contribution in [3.05, 3.63) is 34.1 Å². The van der Waals surface area contributed by atoms with Gasteiger partial charge in [0.15, 0.2) is 0 Å². The molecule has 76 valence electrons. The van der Waals surface area contributed by atoms with Crippen molar-refractivity contribution in [3.63, 3.8) is 0 Å². The quantitative estimate of drug-likeness (QED) is 0.597. The van der Waals surface area contributed by atoms with Crippen molar-refractivity contribution in [1.82, 2.24) is 0 Å². The molecule has 0 fully saturated rings. The molecule has 1 aromatic rings. The number of benzene rings is 1. The van der Waals surface area contributed by atoms with Gasteiger partial charge < -0.3 is 0 Å². The minimum Gasteiger partial charge on any atom is -0.0816 e. The Labute approximate surface area is 95.2 Å². The summed E-state index contributed by atoms with van der Waals surface area (Å²) in [6.07, 6.45) is 0. The van der Waals surface area contributed by atoms with Crippen LogP contribution in [-0.4, -0.2) is 0 Å². The molecule has 0 aliphatic carbocycles. The third-order valence-corrected chi connectivity index (χ3v) is 4.63. The van der Waals surface area contributed by atoms with E-state index in [1.165, 1.54) is 19.6 Å². The van der Waals surface area contributed by atoms with Crippen molar-refractivity contribution in [1.29, 1.82) is 0 Å². The fraction of sp³-hybridized carbons (Fsp3) is 0.333. The number of hydrogen-bond acceptors (Lipinski definition) is 2. The van der Waals surface area contributed by atoms with Crippen LogP contribution in [0.5, 0.6) is 0 Å². The Hall–Kier alpha value is -0.340. The van der Waals surface area contributed by atoms with Crippen molar-refractivity contribution in [2.75, 3.05) is 0 Å². The molecule has 0 aromatic heterocycles. The molecule has 0 saturated heterocycles. The van der Waals surface area contributed by atoms with Gasteiger partial charge in [-0.05, 0) is 26.0 Å². The van der Waals surface area contributed by atoms with Gasteiger partial charge in [-0.3, -0.25) is 0 Å². The number of thioether (sulfide) groups is 2. The van der Waals surface area contributed by atoms with E-state index in [1.807, 2.05) is 37.4 Å². The third kappa shape index (κ3) is 2.58. The van der Waals surface area contributed by atoms with Crippen molar-refractivity contribution in [2.24, 2.45) is 0 Å². The normalized spacial score (nSPS) is 13.0. The van der Waals surface area contributed by atoms with Gasteiger partial charge in [0.05, 0.1) is 0 Å². The van der Waals surface area contributed by atoms with E-state index in [4.69, 9.17) is 0 Å². The Morgan fingerprint density at radius 3 is 1.71 bits per heavy atom. The molecule has 0 spiro atoms. The van der Waals surface area contributed by atoms with Crippen LogP contribution in [0.3, 0.4) is 0 Å². The van der Waals surface area contributed by atoms with Crippen molar-refractivity contribution < 1.29 is 0 Å². The first-order valence-electron chi connectivity index (χ1n) is 4.89. The monoisotopic (exact) mass is 224 g/mol. The summed E-state index contributed by atoms with van der Waals surface area (Å²) < 4.78 is 1.44. The van der Waals surface area contributed by atoms with Crippen LogP contribution in [0.15, 0.2) is 43.9 Å². The molecular formula is C12H16S2. The molecule has 2 heteroatoms. The van der Waals surface area contributed by atoms with E-state index in [1.54, 1.807) is 0 Å². The molecule has 0 atom stereocenters. The lowest BCUT2D eigenvalue weighted by atomic mass is 10.4. The lowest BCUT2D eigenvalue weighted by molar-refractivity contribution is 1.27. The summed E-state index contributed by atoms with van der Waals surface area (Å²) in [4.78, 5) is 2.80. The SMILES string of the molecule is CC.CC(C)=C1Sc2ccccc2S1. The number of hydrogen-bond donors (Lipinski definition) is 0. The highest BCUT2D eigenvalue weighted by molar-refractivity contribution is 8.24. The van der Waals surface area contributed by atoms with E-state index in [-0.39, 0.29) is 0 Å². The van der Waals surface area contributed by atoms with Crippen LogP contribution in [0.1, 0.15) is 27.7 Å². The van der Waals surface area contributed by atoms with Crippen LogP contribution in [-0.2, 0) is 0 Å². The van der Waals surface area contributed by atoms with Gasteiger partial charge in [-0.2, -0.15) is 0 Å². The van der Waals surface area contributed by atoms with Gasteiger partial charge >= 0.3 is 0 Å². The zero-order chi connectivity index (χ0) is 10.6. The zero-order valence-corrected chi connectivity index (χ0v) is 10.8. The minimum absolute atomic E-state index is 1.40. The number of allylic oxidation sites excluding steroid dienone is 1. The Kier molecular flexibility index (Phi) is 4.63. The highest BCUT2D eigenvalue weighted by atomic mass is 32.2. The third-order valence-electron chi connectivity index (χ3n) is 1.66. The van der Waals surface area contributed by atoms with Gasteiger partial charge in [0.1, 0.15) is 0 Å². The summed E-state index contributed by atoms with van der Waals surface area (Å²) in [5.41, 5.74) is 1.42. The van der Waals surface area contributed by atoms with E-state index < -0.39 is 0 Å². The van der Waals surface area contributed by atoms with Crippen molar-refractivity contribution in [2.45, 2.75) is 37.5 Å². The molecule has 1 aliphatic rings. The van der Waals surface area contributed by atoms with E-state index in [0.717, 1.165) is 0 Å². The van der Waals surface area contributed by atoms with E-state index >= 15 is 0 Å². The molecule has 1 aromatic carbocycles. The molecule has 0 bridgehead atoms. The second kappa shape index (κ2) is 5.52. The van der Waals surface area contributed by atoms with Gasteiger partial charge in [-0.25, -0.2) is 0 Å². The van der Waals surface area contributed by atoms with Crippen LogP contribution in [0.4, 0.5) is 0 Å². The molecule has 1 heterocycles. The Balaban J connectivity index is 0.000000461. The predicted molar refractivity (Wildman–Crippen MR) is 67.9 cm³/mol. The summed E-state index contributed by atoms with van der Waals surface area (Å²) in [6, 6.07) is 8.56.